The highest BCUT2D eigenvalue weighted by molar-refractivity contribution is 5.90. The van der Waals surface area contributed by atoms with Crippen LogP contribution in [0.3, 0.4) is 0 Å². The molecule has 1 unspecified atom stereocenters. The van der Waals surface area contributed by atoms with Crippen molar-refractivity contribution in [2.75, 3.05) is 26.7 Å². The molecule has 3 amide bonds. The Morgan fingerprint density at radius 1 is 1.43 bits per heavy atom. The van der Waals surface area contributed by atoms with Crippen molar-refractivity contribution < 1.29 is 14.3 Å². The Kier molecular flexibility index (Phi) is 5.03. The Balaban J connectivity index is 1.69. The summed E-state index contributed by atoms with van der Waals surface area (Å²) in [5.41, 5.74) is 1.10. The number of ether oxygens (including phenoxy) is 1. The van der Waals surface area contributed by atoms with E-state index in [4.69, 9.17) is 4.74 Å². The molecule has 1 atom stereocenters. The molecule has 1 aliphatic rings. The number of hydrogen-bond acceptors (Lipinski definition) is 3. The Morgan fingerprint density at radius 3 is 2.86 bits per heavy atom. The third kappa shape index (κ3) is 4.11. The highest BCUT2D eigenvalue weighted by atomic mass is 16.5. The molecular weight excluding hydrogens is 270 g/mol. The molecule has 1 saturated heterocycles. The Bertz CT molecular complexity index is 519. The zero-order chi connectivity index (χ0) is 15.2. The third-order valence-corrected chi connectivity index (χ3v) is 3.44. The van der Waals surface area contributed by atoms with Crippen molar-refractivity contribution in [3.63, 3.8) is 0 Å². The second-order valence-corrected chi connectivity index (χ2v) is 5.13. The van der Waals surface area contributed by atoms with Crippen LogP contribution < -0.4 is 15.4 Å². The summed E-state index contributed by atoms with van der Waals surface area (Å²) >= 11 is 0. The maximum Gasteiger partial charge on any atom is 0.315 e. The number of para-hydroxylation sites is 1. The fourth-order valence-corrected chi connectivity index (χ4v) is 2.18. The highest BCUT2D eigenvalue weighted by Crippen LogP contribution is 2.16. The fourth-order valence-electron chi connectivity index (χ4n) is 2.18. The van der Waals surface area contributed by atoms with E-state index in [0.717, 1.165) is 17.7 Å². The van der Waals surface area contributed by atoms with Crippen LogP contribution in [0, 0.1) is 6.92 Å². The molecule has 1 aromatic carbocycles. The SMILES string of the molecule is Cc1ccccc1OCCCN(C)C(=O)C1CNC(=O)N1. The monoisotopic (exact) mass is 291 g/mol. The Labute approximate surface area is 124 Å². The van der Waals surface area contributed by atoms with Crippen LogP contribution in [-0.4, -0.2) is 49.6 Å². The number of aryl methyl sites for hydroxylation is 1. The first-order valence-electron chi connectivity index (χ1n) is 7.05. The zero-order valence-corrected chi connectivity index (χ0v) is 12.4. The van der Waals surface area contributed by atoms with Gasteiger partial charge in [0.2, 0.25) is 5.91 Å². The molecule has 0 saturated carbocycles. The molecule has 0 radical (unpaired) electrons. The van der Waals surface area contributed by atoms with Gasteiger partial charge in [-0.2, -0.15) is 0 Å². The van der Waals surface area contributed by atoms with Crippen LogP contribution in [0.1, 0.15) is 12.0 Å². The van der Waals surface area contributed by atoms with Gasteiger partial charge in [-0.1, -0.05) is 18.2 Å². The molecule has 2 N–H and O–H groups in total. The summed E-state index contributed by atoms with van der Waals surface area (Å²) in [4.78, 5) is 24.7. The average Bonchev–Trinajstić information content (AvgIpc) is 2.91. The molecule has 1 fully saturated rings. The largest absolute Gasteiger partial charge is 0.493 e. The molecule has 0 aliphatic carbocycles. The summed E-state index contributed by atoms with van der Waals surface area (Å²) in [5, 5.41) is 5.16. The lowest BCUT2D eigenvalue weighted by Crippen LogP contribution is -2.44. The van der Waals surface area contributed by atoms with Crippen LogP contribution in [0.4, 0.5) is 4.79 Å². The molecule has 114 valence electrons. The number of hydrogen-bond donors (Lipinski definition) is 2. The number of urea groups is 1. The first-order valence-corrected chi connectivity index (χ1v) is 7.05. The van der Waals surface area contributed by atoms with Gasteiger partial charge in [0, 0.05) is 20.1 Å². The van der Waals surface area contributed by atoms with Gasteiger partial charge in [-0.05, 0) is 25.0 Å². The van der Waals surface area contributed by atoms with Gasteiger partial charge < -0.3 is 20.3 Å². The average molecular weight is 291 g/mol. The van der Waals surface area contributed by atoms with E-state index in [1.54, 1.807) is 11.9 Å². The molecule has 21 heavy (non-hydrogen) atoms. The van der Waals surface area contributed by atoms with Crippen LogP contribution in [0.2, 0.25) is 0 Å². The topological polar surface area (TPSA) is 70.7 Å². The molecule has 0 aromatic heterocycles. The predicted octanol–water partition coefficient (Wildman–Crippen LogP) is 0.904. The number of benzene rings is 1. The molecule has 1 aromatic rings. The van der Waals surface area contributed by atoms with Crippen LogP contribution in [0.5, 0.6) is 5.75 Å². The van der Waals surface area contributed by atoms with E-state index in [2.05, 4.69) is 10.6 Å². The molecule has 1 heterocycles. The standard InChI is InChI=1S/C15H21N3O3/c1-11-6-3-4-7-13(11)21-9-5-8-18(2)14(19)12-10-16-15(20)17-12/h3-4,6-7,12H,5,8-10H2,1-2H3,(H2,16,17,20). The van der Waals surface area contributed by atoms with Crippen LogP contribution in [0.25, 0.3) is 0 Å². The maximum atomic E-state index is 12.0. The lowest BCUT2D eigenvalue weighted by atomic mass is 10.2. The van der Waals surface area contributed by atoms with E-state index in [1.165, 1.54) is 0 Å². The van der Waals surface area contributed by atoms with Crippen molar-refractivity contribution in [2.45, 2.75) is 19.4 Å². The first kappa shape index (κ1) is 15.2. The Hall–Kier alpha value is -2.24. The normalized spacial score (nSPS) is 17.0. The maximum absolute atomic E-state index is 12.0. The molecular formula is C15H21N3O3. The minimum atomic E-state index is -0.459. The van der Waals surface area contributed by atoms with Crippen LogP contribution in [0.15, 0.2) is 24.3 Å². The molecule has 6 nitrogen and oxygen atoms in total. The van der Waals surface area contributed by atoms with Crippen LogP contribution in [-0.2, 0) is 4.79 Å². The van der Waals surface area contributed by atoms with Gasteiger partial charge in [0.15, 0.2) is 0 Å². The molecule has 6 heteroatoms. The van der Waals surface area contributed by atoms with Gasteiger partial charge in [-0.25, -0.2) is 4.79 Å². The van der Waals surface area contributed by atoms with Crippen LogP contribution >= 0.6 is 0 Å². The van der Waals surface area contributed by atoms with E-state index in [0.29, 0.717) is 19.7 Å². The first-order chi connectivity index (χ1) is 10.1. The predicted molar refractivity (Wildman–Crippen MR) is 79.3 cm³/mol. The van der Waals surface area contributed by atoms with Crippen molar-refractivity contribution in [2.24, 2.45) is 0 Å². The summed E-state index contributed by atoms with van der Waals surface area (Å²) in [6.07, 6.45) is 0.741. The number of nitrogens with one attached hydrogen (secondary N) is 2. The minimum absolute atomic E-state index is 0.0794. The molecule has 1 aliphatic heterocycles. The smallest absolute Gasteiger partial charge is 0.315 e. The Morgan fingerprint density at radius 2 is 2.19 bits per heavy atom. The van der Waals surface area contributed by atoms with Gasteiger partial charge in [0.05, 0.1) is 6.61 Å². The number of carbonyl (C=O) groups excluding carboxylic acids is 2. The number of carbonyl (C=O) groups is 2. The minimum Gasteiger partial charge on any atom is -0.493 e. The van der Waals surface area contributed by atoms with Crippen molar-refractivity contribution in [3.05, 3.63) is 29.8 Å². The summed E-state index contributed by atoms with van der Waals surface area (Å²) < 4.78 is 5.69. The summed E-state index contributed by atoms with van der Waals surface area (Å²) in [5.74, 6) is 0.794. The van der Waals surface area contributed by atoms with E-state index in [9.17, 15) is 9.59 Å². The van der Waals surface area contributed by atoms with Crippen molar-refractivity contribution in [3.8, 4) is 5.75 Å². The lowest BCUT2D eigenvalue weighted by molar-refractivity contribution is -0.131. The number of rotatable bonds is 6. The zero-order valence-electron chi connectivity index (χ0n) is 12.4. The number of amides is 3. The number of nitrogens with zero attached hydrogens (tertiary/aromatic N) is 1. The summed E-state index contributed by atoms with van der Waals surface area (Å²) in [6.45, 7) is 3.50. The highest BCUT2D eigenvalue weighted by Gasteiger charge is 2.28. The van der Waals surface area contributed by atoms with Crippen molar-refractivity contribution in [1.29, 1.82) is 0 Å². The molecule has 0 spiro atoms. The fraction of sp³-hybridized carbons (Fsp3) is 0.467. The van der Waals surface area contributed by atoms with E-state index in [-0.39, 0.29) is 11.9 Å². The third-order valence-electron chi connectivity index (χ3n) is 3.44. The van der Waals surface area contributed by atoms with Gasteiger partial charge in [-0.15, -0.1) is 0 Å². The van der Waals surface area contributed by atoms with E-state index in [1.807, 2.05) is 31.2 Å². The van der Waals surface area contributed by atoms with E-state index < -0.39 is 6.04 Å². The lowest BCUT2D eigenvalue weighted by Gasteiger charge is -2.20. The van der Waals surface area contributed by atoms with Gasteiger partial charge >= 0.3 is 6.03 Å². The summed E-state index contributed by atoms with van der Waals surface area (Å²) in [7, 11) is 1.74. The second kappa shape index (κ2) is 6.97. The van der Waals surface area contributed by atoms with Crippen molar-refractivity contribution >= 4 is 11.9 Å². The van der Waals surface area contributed by atoms with Gasteiger partial charge in [0.25, 0.3) is 0 Å². The van der Waals surface area contributed by atoms with Gasteiger partial charge in [0.1, 0.15) is 11.8 Å². The second-order valence-electron chi connectivity index (χ2n) is 5.13. The van der Waals surface area contributed by atoms with Gasteiger partial charge in [-0.3, -0.25) is 4.79 Å². The molecule has 0 bridgehead atoms. The van der Waals surface area contributed by atoms with E-state index >= 15 is 0 Å². The van der Waals surface area contributed by atoms with Crippen molar-refractivity contribution in [1.82, 2.24) is 15.5 Å². The number of likely N-dealkylation sites (N-methyl/N-ethyl adjacent to an activating group) is 1. The summed E-state index contributed by atoms with van der Waals surface area (Å²) in [6, 6.07) is 7.10. The molecule has 2 rings (SSSR count). The quantitative estimate of drug-likeness (QED) is 0.765.